The number of ether oxygens (including phenoxy) is 1. The van der Waals surface area contributed by atoms with Crippen LogP contribution in [0, 0.1) is 5.41 Å². The molecule has 0 saturated carbocycles. The molecule has 3 heteroatoms. The summed E-state index contributed by atoms with van der Waals surface area (Å²) in [7, 11) is 0. The van der Waals surface area contributed by atoms with Crippen LogP contribution in [-0.2, 0) is 0 Å². The maximum Gasteiger partial charge on any atom is 0.124 e. The lowest BCUT2D eigenvalue weighted by Gasteiger charge is -2.30. The average molecular weight is 298 g/mol. The summed E-state index contributed by atoms with van der Waals surface area (Å²) >= 11 is 3.53. The van der Waals surface area contributed by atoms with Crippen LogP contribution in [0.15, 0.2) is 22.7 Å². The van der Waals surface area contributed by atoms with E-state index in [1.807, 2.05) is 12.1 Å². The molecule has 0 saturated heterocycles. The standard InChI is InChI=1S/C14H20BrNO/c1-14(2,3)9-16-12-6-7-17-13-5-4-10(15)8-11(12)13/h4-5,8,12,16H,6-7,9H2,1-3H3. The summed E-state index contributed by atoms with van der Waals surface area (Å²) in [5.41, 5.74) is 1.58. The Morgan fingerprint density at radius 3 is 2.88 bits per heavy atom. The molecule has 1 aromatic carbocycles. The van der Waals surface area contributed by atoms with Gasteiger partial charge in [0, 0.05) is 29.0 Å². The molecule has 1 aromatic rings. The van der Waals surface area contributed by atoms with E-state index in [0.29, 0.717) is 11.5 Å². The van der Waals surface area contributed by atoms with Crippen molar-refractivity contribution in [1.29, 1.82) is 0 Å². The molecule has 0 fully saturated rings. The van der Waals surface area contributed by atoms with E-state index in [0.717, 1.165) is 29.8 Å². The fourth-order valence-corrected chi connectivity index (χ4v) is 2.39. The predicted octanol–water partition coefficient (Wildman–Crippen LogP) is 3.91. The molecule has 1 aliphatic heterocycles. The van der Waals surface area contributed by atoms with E-state index in [1.54, 1.807) is 0 Å². The summed E-state index contributed by atoms with van der Waals surface area (Å²) in [6.45, 7) is 8.57. The minimum absolute atomic E-state index is 0.310. The van der Waals surface area contributed by atoms with Crippen LogP contribution in [0.4, 0.5) is 0 Å². The Labute approximate surface area is 112 Å². The van der Waals surface area contributed by atoms with E-state index in [2.05, 4.69) is 48.1 Å². The Balaban J connectivity index is 2.14. The summed E-state index contributed by atoms with van der Waals surface area (Å²) < 4.78 is 6.79. The van der Waals surface area contributed by atoms with Gasteiger partial charge in [0.25, 0.3) is 0 Å². The third-order valence-corrected chi connectivity index (χ3v) is 3.38. The Kier molecular flexibility index (Phi) is 3.79. The number of hydrogen-bond donors (Lipinski definition) is 1. The number of benzene rings is 1. The topological polar surface area (TPSA) is 21.3 Å². The maximum absolute atomic E-state index is 5.68. The lowest BCUT2D eigenvalue weighted by molar-refractivity contribution is 0.240. The van der Waals surface area contributed by atoms with Gasteiger partial charge in [-0.1, -0.05) is 36.7 Å². The highest BCUT2D eigenvalue weighted by molar-refractivity contribution is 9.10. The van der Waals surface area contributed by atoms with Crippen molar-refractivity contribution in [3.63, 3.8) is 0 Å². The van der Waals surface area contributed by atoms with Crippen LogP contribution >= 0.6 is 15.9 Å². The first-order chi connectivity index (χ1) is 7.96. The Hall–Kier alpha value is -0.540. The highest BCUT2D eigenvalue weighted by atomic mass is 79.9. The zero-order valence-electron chi connectivity index (χ0n) is 10.7. The second-order valence-electron chi connectivity index (χ2n) is 5.81. The third-order valence-electron chi connectivity index (χ3n) is 2.89. The monoisotopic (exact) mass is 297 g/mol. The van der Waals surface area contributed by atoms with Gasteiger partial charge < -0.3 is 10.1 Å². The molecular formula is C14H20BrNO. The molecule has 1 N–H and O–H groups in total. The molecule has 0 spiro atoms. The van der Waals surface area contributed by atoms with E-state index in [1.165, 1.54) is 5.56 Å². The summed E-state index contributed by atoms with van der Waals surface area (Å²) in [5.74, 6) is 1.02. The van der Waals surface area contributed by atoms with Gasteiger partial charge in [-0.15, -0.1) is 0 Å². The molecule has 17 heavy (non-hydrogen) atoms. The lowest BCUT2D eigenvalue weighted by Crippen LogP contribution is -2.33. The highest BCUT2D eigenvalue weighted by Crippen LogP contribution is 2.34. The first-order valence-electron chi connectivity index (χ1n) is 6.11. The van der Waals surface area contributed by atoms with Crippen LogP contribution < -0.4 is 10.1 Å². The molecule has 94 valence electrons. The van der Waals surface area contributed by atoms with Crippen LogP contribution in [0.3, 0.4) is 0 Å². The molecule has 0 bridgehead atoms. The van der Waals surface area contributed by atoms with Gasteiger partial charge in [-0.25, -0.2) is 0 Å². The van der Waals surface area contributed by atoms with E-state index in [-0.39, 0.29) is 0 Å². The number of nitrogens with one attached hydrogen (secondary N) is 1. The molecule has 0 aromatic heterocycles. The van der Waals surface area contributed by atoms with Crippen molar-refractivity contribution in [2.45, 2.75) is 33.2 Å². The molecule has 1 aliphatic rings. The van der Waals surface area contributed by atoms with Gasteiger partial charge in [0.2, 0.25) is 0 Å². The van der Waals surface area contributed by atoms with Gasteiger partial charge in [-0.2, -0.15) is 0 Å². The third kappa shape index (κ3) is 3.46. The second kappa shape index (κ2) is 4.99. The average Bonchev–Trinajstić information content (AvgIpc) is 2.25. The minimum Gasteiger partial charge on any atom is -0.493 e. The van der Waals surface area contributed by atoms with Crippen LogP contribution in [0.1, 0.15) is 38.8 Å². The van der Waals surface area contributed by atoms with Crippen LogP contribution in [0.2, 0.25) is 0 Å². The first-order valence-corrected chi connectivity index (χ1v) is 6.91. The molecule has 1 unspecified atom stereocenters. The Bertz CT molecular complexity index is 398. The normalized spacial score (nSPS) is 19.6. The van der Waals surface area contributed by atoms with Crippen molar-refractivity contribution in [3.05, 3.63) is 28.2 Å². The quantitative estimate of drug-likeness (QED) is 0.894. The second-order valence-corrected chi connectivity index (χ2v) is 6.73. The fourth-order valence-electron chi connectivity index (χ4n) is 2.01. The van der Waals surface area contributed by atoms with Crippen molar-refractivity contribution >= 4 is 15.9 Å². The number of hydrogen-bond acceptors (Lipinski definition) is 2. The van der Waals surface area contributed by atoms with E-state index >= 15 is 0 Å². The zero-order valence-corrected chi connectivity index (χ0v) is 12.3. The Morgan fingerprint density at radius 1 is 1.41 bits per heavy atom. The van der Waals surface area contributed by atoms with Crippen molar-refractivity contribution < 1.29 is 4.74 Å². The van der Waals surface area contributed by atoms with Gasteiger partial charge in [0.05, 0.1) is 6.61 Å². The van der Waals surface area contributed by atoms with E-state index < -0.39 is 0 Å². The van der Waals surface area contributed by atoms with Crippen molar-refractivity contribution in [2.24, 2.45) is 5.41 Å². The van der Waals surface area contributed by atoms with Crippen LogP contribution in [0.25, 0.3) is 0 Å². The van der Waals surface area contributed by atoms with E-state index in [9.17, 15) is 0 Å². The lowest BCUT2D eigenvalue weighted by atomic mass is 9.94. The maximum atomic E-state index is 5.68. The molecule has 1 heterocycles. The summed E-state index contributed by atoms with van der Waals surface area (Å²) in [6, 6.07) is 6.65. The van der Waals surface area contributed by atoms with Crippen molar-refractivity contribution in [1.82, 2.24) is 5.32 Å². The van der Waals surface area contributed by atoms with Gasteiger partial charge in [-0.05, 0) is 23.6 Å². The van der Waals surface area contributed by atoms with E-state index in [4.69, 9.17) is 4.74 Å². The van der Waals surface area contributed by atoms with Gasteiger partial charge in [0.15, 0.2) is 0 Å². The van der Waals surface area contributed by atoms with Gasteiger partial charge in [-0.3, -0.25) is 0 Å². The summed E-state index contributed by atoms with van der Waals surface area (Å²) in [4.78, 5) is 0. The number of rotatable bonds is 2. The van der Waals surface area contributed by atoms with Gasteiger partial charge >= 0.3 is 0 Å². The molecule has 0 radical (unpaired) electrons. The fraction of sp³-hybridized carbons (Fsp3) is 0.571. The summed E-state index contributed by atoms with van der Waals surface area (Å²) in [5, 5.41) is 3.64. The van der Waals surface area contributed by atoms with Crippen molar-refractivity contribution in [3.8, 4) is 5.75 Å². The Morgan fingerprint density at radius 2 is 2.18 bits per heavy atom. The SMILES string of the molecule is CC(C)(C)CNC1CCOc2ccc(Br)cc21. The smallest absolute Gasteiger partial charge is 0.124 e. The minimum atomic E-state index is 0.310. The number of halogens is 1. The largest absolute Gasteiger partial charge is 0.493 e. The molecule has 2 nitrogen and oxygen atoms in total. The molecular weight excluding hydrogens is 278 g/mol. The van der Waals surface area contributed by atoms with Crippen LogP contribution in [-0.4, -0.2) is 13.2 Å². The first kappa shape index (κ1) is 12.9. The van der Waals surface area contributed by atoms with Crippen molar-refractivity contribution in [2.75, 3.05) is 13.2 Å². The molecule has 2 rings (SSSR count). The summed E-state index contributed by atoms with van der Waals surface area (Å²) in [6.07, 6.45) is 1.04. The highest BCUT2D eigenvalue weighted by Gasteiger charge is 2.22. The molecule has 1 atom stereocenters. The molecule has 0 amide bonds. The predicted molar refractivity (Wildman–Crippen MR) is 74.5 cm³/mol. The van der Waals surface area contributed by atoms with Gasteiger partial charge in [0.1, 0.15) is 5.75 Å². The molecule has 0 aliphatic carbocycles. The number of fused-ring (bicyclic) bond motifs is 1. The zero-order chi connectivity index (χ0) is 12.5. The van der Waals surface area contributed by atoms with Crippen LogP contribution in [0.5, 0.6) is 5.75 Å².